The Morgan fingerprint density at radius 2 is 1.83 bits per heavy atom. The molecule has 0 saturated carbocycles. The Morgan fingerprint density at radius 3 is 2.59 bits per heavy atom. The summed E-state index contributed by atoms with van der Waals surface area (Å²) in [4.78, 5) is 12.8. The number of amides is 1. The van der Waals surface area contributed by atoms with Gasteiger partial charge in [0.1, 0.15) is 5.75 Å². The predicted octanol–water partition coefficient (Wildman–Crippen LogP) is 3.52. The van der Waals surface area contributed by atoms with Crippen molar-refractivity contribution in [2.24, 2.45) is 0 Å². The number of rotatable bonds is 5. The molecule has 0 atom stereocenters. The molecule has 0 aliphatic heterocycles. The van der Waals surface area contributed by atoms with Crippen LogP contribution in [0.4, 0.5) is 5.69 Å². The molecule has 0 radical (unpaired) electrons. The third-order valence-electron chi connectivity index (χ3n) is 4.53. The van der Waals surface area contributed by atoms with Gasteiger partial charge in [0, 0.05) is 5.69 Å². The molecule has 0 aliphatic rings. The van der Waals surface area contributed by atoms with Gasteiger partial charge in [-0.05, 0) is 65.2 Å². The van der Waals surface area contributed by atoms with Gasteiger partial charge in [-0.3, -0.25) is 4.79 Å². The van der Waals surface area contributed by atoms with E-state index in [1.807, 2.05) is 42.5 Å². The van der Waals surface area contributed by atoms with Gasteiger partial charge in [-0.1, -0.05) is 42.5 Å². The van der Waals surface area contributed by atoms with Gasteiger partial charge >= 0.3 is 0 Å². The number of nitrogens with zero attached hydrogens (tertiary/aromatic N) is 4. The second-order valence-corrected chi connectivity index (χ2v) is 6.66. The first kappa shape index (κ1) is 18.4. The molecule has 0 fully saturated rings. The maximum absolute atomic E-state index is 12.8. The summed E-state index contributed by atoms with van der Waals surface area (Å²) in [5, 5.41) is 24.5. The summed E-state index contributed by atoms with van der Waals surface area (Å²) in [6.45, 7) is 1.79. The van der Waals surface area contributed by atoms with E-state index in [0.717, 1.165) is 16.8 Å². The van der Waals surface area contributed by atoms with Crippen molar-refractivity contribution in [1.82, 2.24) is 20.2 Å². The molecule has 4 aromatic rings. The zero-order chi connectivity index (χ0) is 20.2. The Kier molecular flexibility index (Phi) is 5.03. The summed E-state index contributed by atoms with van der Waals surface area (Å²) in [5.74, 6) is 0.189. The van der Waals surface area contributed by atoms with Crippen LogP contribution in [-0.2, 0) is 6.42 Å². The molecule has 1 heterocycles. The molecule has 0 bridgehead atoms. The van der Waals surface area contributed by atoms with Gasteiger partial charge in [0.2, 0.25) is 0 Å². The Labute approximate surface area is 167 Å². The molecule has 4 rings (SSSR count). The highest BCUT2D eigenvalue weighted by molar-refractivity contribution is 6.06. The Hall–Kier alpha value is -4.00. The number of phenols is 1. The zero-order valence-electron chi connectivity index (χ0n) is 15.8. The maximum Gasteiger partial charge on any atom is 0.259 e. The van der Waals surface area contributed by atoms with E-state index in [2.05, 4.69) is 20.8 Å². The number of phenolic OH excluding ortho intramolecular Hbond substituents is 1. The largest absolute Gasteiger partial charge is 0.507 e. The first-order valence-electron chi connectivity index (χ1n) is 9.13. The van der Waals surface area contributed by atoms with Crippen molar-refractivity contribution in [1.29, 1.82) is 0 Å². The van der Waals surface area contributed by atoms with Gasteiger partial charge in [-0.2, -0.15) is 4.68 Å². The monoisotopic (exact) mass is 385 g/mol. The lowest BCUT2D eigenvalue weighted by atomic mass is 10.0. The van der Waals surface area contributed by atoms with Gasteiger partial charge in [0.25, 0.3) is 5.91 Å². The molecular weight excluding hydrogens is 366 g/mol. The Bertz CT molecular complexity index is 1150. The number of benzene rings is 3. The number of anilines is 1. The van der Waals surface area contributed by atoms with Crippen LogP contribution in [0.3, 0.4) is 0 Å². The standard InChI is InChI=1S/C22H19N5O2/c1-15-24-25-26-27(15)19-9-5-8-18(14-19)23-22(29)20-13-17(10-11-21(20)28)12-16-6-3-2-4-7-16/h2-11,13-14,28H,12H2,1H3,(H,23,29). The molecule has 7 nitrogen and oxygen atoms in total. The molecular formula is C22H19N5O2. The van der Waals surface area contributed by atoms with E-state index in [1.165, 1.54) is 0 Å². The van der Waals surface area contributed by atoms with Crippen molar-refractivity contribution < 1.29 is 9.90 Å². The van der Waals surface area contributed by atoms with Crippen LogP contribution >= 0.6 is 0 Å². The van der Waals surface area contributed by atoms with Crippen molar-refractivity contribution in [3.63, 3.8) is 0 Å². The van der Waals surface area contributed by atoms with Crippen LogP contribution in [0.15, 0.2) is 72.8 Å². The van der Waals surface area contributed by atoms with Gasteiger partial charge in [0.15, 0.2) is 5.82 Å². The molecule has 0 saturated heterocycles. The second-order valence-electron chi connectivity index (χ2n) is 6.66. The first-order valence-corrected chi connectivity index (χ1v) is 9.13. The molecule has 7 heteroatoms. The Balaban J connectivity index is 1.56. The average molecular weight is 385 g/mol. The molecule has 0 unspecified atom stereocenters. The molecule has 29 heavy (non-hydrogen) atoms. The number of nitrogens with one attached hydrogen (secondary N) is 1. The van der Waals surface area contributed by atoms with Crippen LogP contribution in [-0.4, -0.2) is 31.2 Å². The molecule has 1 aromatic heterocycles. The van der Waals surface area contributed by atoms with E-state index in [9.17, 15) is 9.90 Å². The highest BCUT2D eigenvalue weighted by Gasteiger charge is 2.13. The highest BCUT2D eigenvalue weighted by Crippen LogP contribution is 2.23. The summed E-state index contributed by atoms with van der Waals surface area (Å²) in [5.41, 5.74) is 3.61. The van der Waals surface area contributed by atoms with Crippen LogP contribution in [0.25, 0.3) is 5.69 Å². The van der Waals surface area contributed by atoms with E-state index in [0.29, 0.717) is 17.9 Å². The Morgan fingerprint density at radius 1 is 1.00 bits per heavy atom. The summed E-state index contributed by atoms with van der Waals surface area (Å²) in [6.07, 6.45) is 0.676. The summed E-state index contributed by atoms with van der Waals surface area (Å²) < 4.78 is 1.58. The molecule has 1 amide bonds. The summed E-state index contributed by atoms with van der Waals surface area (Å²) >= 11 is 0. The number of aromatic nitrogens is 4. The van der Waals surface area contributed by atoms with Gasteiger partial charge < -0.3 is 10.4 Å². The van der Waals surface area contributed by atoms with Crippen LogP contribution < -0.4 is 5.32 Å². The first-order chi connectivity index (χ1) is 14.1. The number of tetrazole rings is 1. The zero-order valence-corrected chi connectivity index (χ0v) is 15.8. The minimum atomic E-state index is -0.386. The number of carbonyl (C=O) groups excluding carboxylic acids is 1. The highest BCUT2D eigenvalue weighted by atomic mass is 16.3. The molecule has 2 N–H and O–H groups in total. The fourth-order valence-corrected chi connectivity index (χ4v) is 3.09. The van der Waals surface area contributed by atoms with E-state index in [4.69, 9.17) is 0 Å². The molecule has 3 aromatic carbocycles. The van der Waals surface area contributed by atoms with Crippen molar-refractivity contribution >= 4 is 11.6 Å². The maximum atomic E-state index is 12.8. The second kappa shape index (κ2) is 7.93. The minimum absolute atomic E-state index is 0.0632. The van der Waals surface area contributed by atoms with Gasteiger partial charge in [-0.15, -0.1) is 5.10 Å². The molecule has 144 valence electrons. The number of aromatic hydroxyl groups is 1. The van der Waals surface area contributed by atoms with E-state index in [-0.39, 0.29) is 17.2 Å². The van der Waals surface area contributed by atoms with Crippen LogP contribution in [0, 0.1) is 6.92 Å². The van der Waals surface area contributed by atoms with Crippen molar-refractivity contribution in [2.75, 3.05) is 5.32 Å². The SMILES string of the molecule is Cc1nnnn1-c1cccc(NC(=O)c2cc(Cc3ccccc3)ccc2O)c1. The lowest BCUT2D eigenvalue weighted by Gasteiger charge is -2.10. The number of hydrogen-bond acceptors (Lipinski definition) is 5. The van der Waals surface area contributed by atoms with Crippen LogP contribution in [0.2, 0.25) is 0 Å². The summed E-state index contributed by atoms with van der Waals surface area (Å²) in [6, 6.07) is 22.2. The third kappa shape index (κ3) is 4.14. The topological polar surface area (TPSA) is 92.9 Å². The lowest BCUT2D eigenvalue weighted by molar-refractivity contribution is 0.102. The van der Waals surface area contributed by atoms with Crippen molar-refractivity contribution in [3.8, 4) is 11.4 Å². The van der Waals surface area contributed by atoms with Gasteiger partial charge in [0.05, 0.1) is 11.3 Å². The normalized spacial score (nSPS) is 10.7. The fraction of sp³-hybridized carbons (Fsp3) is 0.0909. The molecule has 0 aliphatic carbocycles. The smallest absolute Gasteiger partial charge is 0.259 e. The third-order valence-corrected chi connectivity index (χ3v) is 4.53. The number of aryl methyl sites for hydroxylation is 1. The van der Waals surface area contributed by atoms with Gasteiger partial charge in [-0.25, -0.2) is 0 Å². The fourth-order valence-electron chi connectivity index (χ4n) is 3.09. The van der Waals surface area contributed by atoms with E-state index >= 15 is 0 Å². The van der Waals surface area contributed by atoms with E-state index in [1.54, 1.807) is 41.9 Å². The van der Waals surface area contributed by atoms with Crippen molar-refractivity contribution in [2.45, 2.75) is 13.3 Å². The van der Waals surface area contributed by atoms with Crippen molar-refractivity contribution in [3.05, 3.63) is 95.3 Å². The van der Waals surface area contributed by atoms with E-state index < -0.39 is 0 Å². The predicted molar refractivity (Wildman–Crippen MR) is 109 cm³/mol. The van der Waals surface area contributed by atoms with Crippen LogP contribution in [0.1, 0.15) is 27.3 Å². The lowest BCUT2D eigenvalue weighted by Crippen LogP contribution is -2.13. The molecule has 0 spiro atoms. The van der Waals surface area contributed by atoms with Crippen LogP contribution in [0.5, 0.6) is 5.75 Å². The number of hydrogen-bond donors (Lipinski definition) is 2. The minimum Gasteiger partial charge on any atom is -0.507 e. The average Bonchev–Trinajstić information content (AvgIpc) is 3.16. The number of carbonyl (C=O) groups is 1. The summed E-state index contributed by atoms with van der Waals surface area (Å²) in [7, 11) is 0. The quantitative estimate of drug-likeness (QED) is 0.548.